The van der Waals surface area contributed by atoms with Gasteiger partial charge in [-0.2, -0.15) is 0 Å². The molecule has 0 radical (unpaired) electrons. The number of para-hydroxylation sites is 3. The van der Waals surface area contributed by atoms with Crippen molar-refractivity contribution in [3.8, 4) is 103 Å². The molecule has 0 saturated carbocycles. The van der Waals surface area contributed by atoms with Crippen LogP contribution >= 0.6 is 0 Å². The van der Waals surface area contributed by atoms with E-state index in [-0.39, 0.29) is 84.1 Å². The van der Waals surface area contributed by atoms with Crippen LogP contribution in [0.2, 0.25) is 0 Å². The van der Waals surface area contributed by atoms with Crippen LogP contribution in [0.15, 0.2) is 137 Å². The Morgan fingerprint density at radius 2 is 0.575 bits per heavy atom. The first-order valence-corrected chi connectivity index (χ1v) is 27.5. The summed E-state index contributed by atoms with van der Waals surface area (Å²) < 4.78 is 37.2. The normalized spacial score (nSPS) is 9.61. The van der Waals surface area contributed by atoms with Gasteiger partial charge in [0.15, 0.2) is 63.3 Å². The zero-order valence-electron chi connectivity index (χ0n) is 51.2. The highest BCUT2D eigenvalue weighted by Crippen LogP contribution is 2.45. The lowest BCUT2D eigenvalue weighted by Crippen LogP contribution is -2.14. The van der Waals surface area contributed by atoms with Crippen molar-refractivity contribution in [1.29, 1.82) is 0 Å². The Labute approximate surface area is 500 Å². The van der Waals surface area contributed by atoms with Crippen LogP contribution in [0.5, 0.6) is 69.0 Å². The van der Waals surface area contributed by atoms with Gasteiger partial charge in [-0.25, -0.2) is 0 Å². The Kier molecular flexibility index (Phi) is 30.8. The maximum atomic E-state index is 13.0. The monoisotopic (exact) mass is 1210 g/mol. The summed E-state index contributed by atoms with van der Waals surface area (Å²) >= 11 is 0. The molecule has 22 heteroatoms. The molecule has 0 atom stereocenters. The van der Waals surface area contributed by atoms with Crippen molar-refractivity contribution in [2.45, 2.75) is 111 Å². The van der Waals surface area contributed by atoms with Crippen molar-refractivity contribution in [3.63, 3.8) is 0 Å². The number of ether oxygens (including phenoxy) is 4. The van der Waals surface area contributed by atoms with Crippen molar-refractivity contribution < 1.29 is 92.2 Å². The first-order valence-electron chi connectivity index (χ1n) is 27.5. The van der Waals surface area contributed by atoms with E-state index in [0.29, 0.717) is 0 Å². The molecule has 0 saturated heterocycles. The summed E-state index contributed by atoms with van der Waals surface area (Å²) in [7, 11) is 0. The number of esters is 4. The molecule has 87 heavy (non-hydrogen) atoms. The smallest absolute Gasteiger partial charge is 0.308 e. The van der Waals surface area contributed by atoms with Crippen molar-refractivity contribution in [2.75, 3.05) is 0 Å². The van der Waals surface area contributed by atoms with Gasteiger partial charge in [0.2, 0.25) is 39.3 Å². The van der Waals surface area contributed by atoms with Crippen LogP contribution in [-0.2, 0) is 19.2 Å². The number of phenols is 6. The summed E-state index contributed by atoms with van der Waals surface area (Å²) in [6.07, 6.45) is 0. The van der Waals surface area contributed by atoms with E-state index in [1.165, 1.54) is 36.4 Å². The van der Waals surface area contributed by atoms with Gasteiger partial charge in [-0.15, -0.1) is 0 Å². The molecular weight excluding hydrogens is 1130 g/mol. The summed E-state index contributed by atoms with van der Waals surface area (Å²) in [6, 6.07) is 25.7. The van der Waals surface area contributed by atoms with E-state index in [1.54, 1.807) is 48.5 Å². The van der Waals surface area contributed by atoms with Crippen molar-refractivity contribution in [1.82, 2.24) is 0 Å². The maximum Gasteiger partial charge on any atom is 0.308 e. The molecule has 9 rings (SSSR count). The zero-order chi connectivity index (χ0) is 66.6. The largest absolute Gasteiger partial charge is 0.504 e. The van der Waals surface area contributed by atoms with Crippen LogP contribution in [-0.4, -0.2) is 64.7 Å². The number of aromatic hydroxyl groups is 8. The van der Waals surface area contributed by atoms with E-state index in [1.807, 2.05) is 83.1 Å². The molecule has 0 amide bonds. The van der Waals surface area contributed by atoms with Crippen molar-refractivity contribution >= 4 is 56.8 Å². The highest BCUT2D eigenvalue weighted by molar-refractivity contribution is 5.88. The molecule has 0 unspecified atom stereocenters. The molecule has 466 valence electrons. The maximum absolute atomic E-state index is 13.0. The van der Waals surface area contributed by atoms with Gasteiger partial charge in [0.05, 0.1) is 16.2 Å². The predicted molar refractivity (Wildman–Crippen MR) is 330 cm³/mol. The lowest BCUT2D eigenvalue weighted by molar-refractivity contribution is -0.135. The molecule has 0 fully saturated rings. The zero-order valence-corrected chi connectivity index (χ0v) is 51.2. The molecule has 6 aromatic carbocycles. The van der Waals surface area contributed by atoms with Gasteiger partial charge in [0.25, 0.3) is 0 Å². The molecule has 0 bridgehead atoms. The fraction of sp³-hybridized carbons (Fsp3) is 0.246. The lowest BCUT2D eigenvalue weighted by Gasteiger charge is -2.16. The summed E-state index contributed by atoms with van der Waals surface area (Å²) in [5, 5.41) is 77.2. The average Bonchev–Trinajstić information content (AvgIpc) is 1.82. The first-order chi connectivity index (χ1) is 41.5. The average molecular weight is 1210 g/mol. The molecule has 0 aliphatic rings. The molecule has 0 aliphatic heterocycles. The van der Waals surface area contributed by atoms with E-state index in [9.17, 15) is 74.4 Å². The van der Waals surface area contributed by atoms with Gasteiger partial charge in [0, 0.05) is 44.4 Å². The highest BCUT2D eigenvalue weighted by atomic mass is 16.6. The second kappa shape index (κ2) is 36.1. The first kappa shape index (κ1) is 74.2. The van der Waals surface area contributed by atoms with E-state index >= 15 is 0 Å². The van der Waals surface area contributed by atoms with E-state index in [2.05, 4.69) is 0 Å². The Hall–Kier alpha value is -10.8. The minimum absolute atomic E-state index is 0.0394. The van der Waals surface area contributed by atoms with Crippen LogP contribution in [0.1, 0.15) is 111 Å². The number of hydrogen-bond acceptors (Lipinski definition) is 22. The van der Waals surface area contributed by atoms with Gasteiger partial charge in [-0.1, -0.05) is 119 Å². The predicted octanol–water partition coefficient (Wildman–Crippen LogP) is 13.9. The number of fused-ring (bicyclic) bond motifs is 3. The van der Waals surface area contributed by atoms with Crippen LogP contribution in [0, 0.1) is 0 Å². The third-order valence-electron chi connectivity index (χ3n) is 10.2. The summed E-state index contributed by atoms with van der Waals surface area (Å²) in [5.41, 5.74) is -1.04. The number of benzene rings is 6. The SMILES string of the molecule is CC.CC.CC.CC.CC.CC.CC(=O)Oc1cc(-c2oc3ccccc3c(=O)c2OC(C)=O)cc(OC(C)=O)c1OC(C)=O.O=c1c(O)c(-c2cc(O)c(O)c(O)c2)oc2ccccc12.O=c1c(O)c(-c2cc(O)c(O)c(O)c2)oc2ccccc12. The Bertz CT molecular complexity index is 3740. The quantitative estimate of drug-likeness (QED) is 0.0417. The molecule has 0 spiro atoms. The standard InChI is InChI=1S/C23H18O10.2C15H10O6.6C2H6/c1-11(24)29-18-9-15(10-19(30-12(2)25)22(18)31-13(3)26)21-23(32-14(4)27)20(28)16-7-5-6-8-17(16)33-21;2*16-9-5-7(6-10(17)13(9)19)15-14(20)12(18)8-3-1-2-4-11(8)21-15;6*1-2/h5-10H,1-4H3;2*1-6,16-17,19-20H;6*1-2H3. The summed E-state index contributed by atoms with van der Waals surface area (Å²) in [6.45, 7) is 28.4. The van der Waals surface area contributed by atoms with E-state index < -0.39 is 91.9 Å². The summed E-state index contributed by atoms with van der Waals surface area (Å²) in [5.74, 6) is -10.1. The van der Waals surface area contributed by atoms with Crippen LogP contribution < -0.4 is 35.2 Å². The summed E-state index contributed by atoms with van der Waals surface area (Å²) in [4.78, 5) is 83.8. The molecule has 3 heterocycles. The highest BCUT2D eigenvalue weighted by Gasteiger charge is 2.26. The third kappa shape index (κ3) is 18.9. The molecule has 9 aromatic rings. The van der Waals surface area contributed by atoms with Gasteiger partial charge < -0.3 is 73.1 Å². The number of phenolic OH excluding ortho intramolecular Hbond substituents is 6. The van der Waals surface area contributed by atoms with Crippen molar-refractivity contribution in [3.05, 3.63) is 140 Å². The number of carbonyl (C=O) groups excluding carboxylic acids is 4. The Balaban J connectivity index is 0.000000616. The molecular formula is C65H74O22. The molecule has 8 N–H and O–H groups in total. The number of carbonyl (C=O) groups is 4. The molecule has 3 aromatic heterocycles. The topological polar surface area (TPSA) is 358 Å². The Morgan fingerprint density at radius 3 is 0.874 bits per heavy atom. The molecule has 0 aliphatic carbocycles. The minimum atomic E-state index is -0.782. The van der Waals surface area contributed by atoms with Gasteiger partial charge >= 0.3 is 23.9 Å². The van der Waals surface area contributed by atoms with Crippen molar-refractivity contribution in [2.24, 2.45) is 0 Å². The fourth-order valence-electron chi connectivity index (χ4n) is 7.09. The van der Waals surface area contributed by atoms with Gasteiger partial charge in [0.1, 0.15) is 16.7 Å². The molecule has 22 nitrogen and oxygen atoms in total. The number of rotatable bonds is 7. The second-order valence-corrected chi connectivity index (χ2v) is 15.7. The fourth-order valence-corrected chi connectivity index (χ4v) is 7.09. The third-order valence-corrected chi connectivity index (χ3v) is 10.2. The van der Waals surface area contributed by atoms with E-state index in [4.69, 9.17) is 32.2 Å². The lowest BCUT2D eigenvalue weighted by atomic mass is 10.1. The van der Waals surface area contributed by atoms with Gasteiger partial charge in [-0.3, -0.25) is 33.6 Å². The van der Waals surface area contributed by atoms with E-state index in [0.717, 1.165) is 52.0 Å². The Morgan fingerprint density at radius 1 is 0.322 bits per heavy atom. The van der Waals surface area contributed by atoms with Crippen LogP contribution in [0.25, 0.3) is 66.9 Å². The van der Waals surface area contributed by atoms with Crippen LogP contribution in [0.4, 0.5) is 0 Å². The van der Waals surface area contributed by atoms with Gasteiger partial charge in [-0.05, 0) is 72.8 Å². The number of hydrogen-bond donors (Lipinski definition) is 8. The minimum Gasteiger partial charge on any atom is -0.504 e. The second-order valence-electron chi connectivity index (χ2n) is 15.7. The van der Waals surface area contributed by atoms with Crippen LogP contribution in [0.3, 0.4) is 0 Å².